The van der Waals surface area contributed by atoms with Crippen LogP contribution in [-0.4, -0.2) is 24.7 Å². The maximum atomic E-state index is 3.48. The monoisotopic (exact) mass is 143 g/mol. The highest BCUT2D eigenvalue weighted by molar-refractivity contribution is 7.58. The van der Waals surface area contributed by atoms with Crippen molar-refractivity contribution in [2.75, 3.05) is 19.0 Å². The molecule has 2 aliphatic heterocycles. The predicted molar refractivity (Wildman–Crippen MR) is 42.3 cm³/mol. The number of nitrogens with one attached hydrogen (secondary N) is 1. The molecule has 0 saturated carbocycles. The fourth-order valence-corrected chi connectivity index (χ4v) is 4.78. The Balaban J connectivity index is 1.97. The molecule has 0 aromatic heterocycles. The van der Waals surface area contributed by atoms with Gasteiger partial charge < -0.3 is 5.32 Å². The van der Waals surface area contributed by atoms with Gasteiger partial charge in [-0.15, -0.1) is 0 Å². The third-order valence-electron chi connectivity index (χ3n) is 2.47. The summed E-state index contributed by atoms with van der Waals surface area (Å²) in [6, 6.07) is 0. The normalized spacial score (nSPS) is 42.7. The van der Waals surface area contributed by atoms with Crippen molar-refractivity contribution >= 4 is 7.92 Å². The minimum Gasteiger partial charge on any atom is -0.313 e. The molecule has 2 atom stereocenters. The highest BCUT2D eigenvalue weighted by Gasteiger charge is 2.28. The lowest BCUT2D eigenvalue weighted by molar-refractivity contribution is 0.635. The van der Waals surface area contributed by atoms with E-state index in [1.807, 2.05) is 0 Å². The molecule has 1 N–H and O–H groups in total. The van der Waals surface area contributed by atoms with Crippen LogP contribution in [0.5, 0.6) is 0 Å². The Hall–Kier alpha value is 0.390. The van der Waals surface area contributed by atoms with Crippen LogP contribution in [-0.2, 0) is 0 Å². The van der Waals surface area contributed by atoms with Crippen LogP contribution >= 0.6 is 7.92 Å². The van der Waals surface area contributed by atoms with Gasteiger partial charge in [0.1, 0.15) is 0 Å². The van der Waals surface area contributed by atoms with Crippen molar-refractivity contribution in [3.8, 4) is 0 Å². The van der Waals surface area contributed by atoms with Crippen LogP contribution in [0.4, 0.5) is 0 Å². The van der Waals surface area contributed by atoms with Gasteiger partial charge in [0.25, 0.3) is 0 Å². The molecular formula is C7H14NP. The van der Waals surface area contributed by atoms with Crippen molar-refractivity contribution in [3.63, 3.8) is 0 Å². The van der Waals surface area contributed by atoms with Crippen molar-refractivity contribution in [2.45, 2.75) is 24.9 Å². The van der Waals surface area contributed by atoms with E-state index in [1.54, 1.807) is 12.6 Å². The zero-order valence-electron chi connectivity index (χ0n) is 5.77. The van der Waals surface area contributed by atoms with E-state index in [2.05, 4.69) is 5.32 Å². The van der Waals surface area contributed by atoms with Crippen molar-refractivity contribution in [3.05, 3.63) is 0 Å². The molecule has 9 heavy (non-hydrogen) atoms. The molecule has 2 saturated heterocycles. The van der Waals surface area contributed by atoms with E-state index in [1.165, 1.54) is 31.3 Å². The largest absolute Gasteiger partial charge is 0.313 e. The predicted octanol–water partition coefficient (Wildman–Crippen LogP) is 1.58. The van der Waals surface area contributed by atoms with Gasteiger partial charge in [-0.2, -0.15) is 0 Å². The average Bonchev–Trinajstić information content (AvgIpc) is 2.33. The molecule has 0 spiro atoms. The van der Waals surface area contributed by atoms with Gasteiger partial charge in [0, 0.05) is 6.29 Å². The Morgan fingerprint density at radius 3 is 3.22 bits per heavy atom. The van der Waals surface area contributed by atoms with Gasteiger partial charge in [-0.05, 0) is 37.6 Å². The summed E-state index contributed by atoms with van der Waals surface area (Å²) in [6.45, 7) is 1.30. The lowest BCUT2D eigenvalue weighted by Crippen LogP contribution is -2.26. The summed E-state index contributed by atoms with van der Waals surface area (Å²) in [5, 5.41) is 3.48. The van der Waals surface area contributed by atoms with Crippen LogP contribution in [0, 0.1) is 0 Å². The van der Waals surface area contributed by atoms with Crippen LogP contribution in [0.15, 0.2) is 0 Å². The van der Waals surface area contributed by atoms with E-state index in [0.717, 1.165) is 0 Å². The van der Waals surface area contributed by atoms with Crippen molar-refractivity contribution in [2.24, 2.45) is 0 Å². The first-order valence-corrected chi connectivity index (χ1v) is 5.70. The van der Waals surface area contributed by atoms with Crippen LogP contribution in [0.25, 0.3) is 0 Å². The summed E-state index contributed by atoms with van der Waals surface area (Å²) in [4.78, 5) is 0. The molecule has 2 heteroatoms. The molecule has 2 fully saturated rings. The molecule has 1 nitrogen and oxygen atoms in total. The highest BCUT2D eigenvalue weighted by Crippen LogP contribution is 2.51. The molecule has 52 valence electrons. The maximum absolute atomic E-state index is 3.48. The van der Waals surface area contributed by atoms with E-state index < -0.39 is 0 Å². The summed E-state index contributed by atoms with van der Waals surface area (Å²) in [5.41, 5.74) is 1.17. The Bertz CT molecular complexity index is 93.1. The molecule has 0 bridgehead atoms. The van der Waals surface area contributed by atoms with Crippen LogP contribution in [0.1, 0.15) is 19.3 Å². The van der Waals surface area contributed by atoms with Gasteiger partial charge >= 0.3 is 0 Å². The molecule has 2 unspecified atom stereocenters. The molecule has 0 radical (unpaired) electrons. The minimum absolute atomic E-state index is 0.469. The van der Waals surface area contributed by atoms with E-state index in [9.17, 15) is 0 Å². The van der Waals surface area contributed by atoms with Crippen molar-refractivity contribution in [1.82, 2.24) is 5.32 Å². The molecule has 2 rings (SSSR count). The lowest BCUT2D eigenvalue weighted by Gasteiger charge is -2.26. The summed E-state index contributed by atoms with van der Waals surface area (Å²) >= 11 is 0. The number of hydrogen-bond donors (Lipinski definition) is 1. The molecule has 2 aliphatic rings. The van der Waals surface area contributed by atoms with Gasteiger partial charge in [-0.25, -0.2) is 0 Å². The van der Waals surface area contributed by atoms with Crippen molar-refractivity contribution in [1.29, 1.82) is 0 Å². The second-order valence-corrected chi connectivity index (χ2v) is 5.73. The third kappa shape index (κ3) is 1.13. The zero-order chi connectivity index (χ0) is 6.10. The molecule has 0 aromatic rings. The first-order chi connectivity index (χ1) is 4.47. The van der Waals surface area contributed by atoms with Gasteiger partial charge in [-0.3, -0.25) is 0 Å². The molecular weight excluding hydrogens is 129 g/mol. The average molecular weight is 143 g/mol. The summed E-state index contributed by atoms with van der Waals surface area (Å²) in [5.74, 6) is 0. The van der Waals surface area contributed by atoms with Gasteiger partial charge in [0.05, 0.1) is 0 Å². The molecule has 0 aromatic carbocycles. The smallest absolute Gasteiger partial charge is 0.0158 e. The van der Waals surface area contributed by atoms with E-state index in [4.69, 9.17) is 0 Å². The second-order valence-electron chi connectivity index (χ2n) is 3.06. The number of rotatable bonds is 0. The van der Waals surface area contributed by atoms with Crippen molar-refractivity contribution < 1.29 is 0 Å². The third-order valence-corrected chi connectivity index (χ3v) is 5.54. The van der Waals surface area contributed by atoms with E-state index in [0.29, 0.717) is 7.92 Å². The standard InChI is InChI=1S/C7H14NP/c1-2-7-3-4-8-6-9(7)5-1/h7-8H,1-6H2. The Morgan fingerprint density at radius 1 is 1.33 bits per heavy atom. The fraction of sp³-hybridized carbons (Fsp3) is 1.00. The topological polar surface area (TPSA) is 12.0 Å². The summed E-state index contributed by atoms with van der Waals surface area (Å²) in [7, 11) is 0.469. The number of hydrogen-bond acceptors (Lipinski definition) is 1. The fourth-order valence-electron chi connectivity index (χ4n) is 1.92. The zero-order valence-corrected chi connectivity index (χ0v) is 6.66. The van der Waals surface area contributed by atoms with Gasteiger partial charge in [0.2, 0.25) is 0 Å². The Kier molecular flexibility index (Phi) is 1.74. The minimum atomic E-state index is 0.469. The van der Waals surface area contributed by atoms with E-state index in [-0.39, 0.29) is 0 Å². The molecule has 0 amide bonds. The molecule has 0 aliphatic carbocycles. The quantitative estimate of drug-likeness (QED) is 0.508. The number of fused-ring (bicyclic) bond motifs is 1. The Labute approximate surface area is 58.0 Å². The van der Waals surface area contributed by atoms with Gasteiger partial charge in [0.15, 0.2) is 0 Å². The van der Waals surface area contributed by atoms with Crippen LogP contribution < -0.4 is 5.32 Å². The second kappa shape index (κ2) is 2.56. The highest BCUT2D eigenvalue weighted by atomic mass is 31.1. The molecule has 2 heterocycles. The lowest BCUT2D eigenvalue weighted by atomic mass is 10.2. The first-order valence-electron chi connectivity index (χ1n) is 3.91. The maximum Gasteiger partial charge on any atom is 0.0158 e. The SMILES string of the molecule is C1CC2CCNCP2C1. The summed E-state index contributed by atoms with van der Waals surface area (Å²) in [6.07, 6.45) is 7.49. The van der Waals surface area contributed by atoms with E-state index >= 15 is 0 Å². The summed E-state index contributed by atoms with van der Waals surface area (Å²) < 4.78 is 0. The first kappa shape index (κ1) is 6.12. The Morgan fingerprint density at radius 2 is 2.33 bits per heavy atom. The van der Waals surface area contributed by atoms with Crippen LogP contribution in [0.3, 0.4) is 0 Å². The van der Waals surface area contributed by atoms with Gasteiger partial charge in [-0.1, -0.05) is 7.92 Å². The van der Waals surface area contributed by atoms with Crippen LogP contribution in [0.2, 0.25) is 0 Å².